The summed E-state index contributed by atoms with van der Waals surface area (Å²) in [5.41, 5.74) is 2.29. The molecule has 2 heterocycles. The van der Waals surface area contributed by atoms with Crippen molar-refractivity contribution in [3.8, 4) is 23.0 Å². The Morgan fingerprint density at radius 3 is 2.34 bits per heavy atom. The first-order valence-corrected chi connectivity index (χ1v) is 12.0. The van der Waals surface area contributed by atoms with Crippen LogP contribution in [0.25, 0.3) is 0 Å². The van der Waals surface area contributed by atoms with Crippen LogP contribution < -0.4 is 18.9 Å². The third-order valence-corrected chi connectivity index (χ3v) is 6.44. The Hall–Kier alpha value is -3.23. The number of likely N-dealkylation sites (tertiary alicyclic amines) is 1. The minimum Gasteiger partial charge on any atom is -0.493 e. The fourth-order valence-corrected chi connectivity index (χ4v) is 4.74. The molecule has 0 spiro atoms. The van der Waals surface area contributed by atoms with Crippen LogP contribution in [-0.2, 0) is 13.1 Å². The van der Waals surface area contributed by atoms with Crippen molar-refractivity contribution in [3.63, 3.8) is 0 Å². The highest BCUT2D eigenvalue weighted by molar-refractivity contribution is 5.53. The van der Waals surface area contributed by atoms with Gasteiger partial charge in [0.2, 0.25) is 5.75 Å². The molecule has 0 radical (unpaired) electrons. The van der Waals surface area contributed by atoms with Crippen LogP contribution in [0, 0.1) is 0 Å². The number of benzene rings is 2. The largest absolute Gasteiger partial charge is 0.493 e. The molecule has 8 heteroatoms. The van der Waals surface area contributed by atoms with Crippen LogP contribution in [0.3, 0.4) is 0 Å². The van der Waals surface area contributed by atoms with Crippen LogP contribution in [0.15, 0.2) is 48.8 Å². The van der Waals surface area contributed by atoms with Crippen molar-refractivity contribution < 1.29 is 24.1 Å². The summed E-state index contributed by atoms with van der Waals surface area (Å²) >= 11 is 0. The van der Waals surface area contributed by atoms with Crippen LogP contribution in [0.5, 0.6) is 23.0 Å². The molecule has 1 saturated heterocycles. The third-order valence-electron chi connectivity index (χ3n) is 6.44. The molecule has 188 valence electrons. The van der Waals surface area contributed by atoms with E-state index in [-0.39, 0.29) is 6.61 Å². The van der Waals surface area contributed by atoms with Gasteiger partial charge in [0, 0.05) is 31.4 Å². The van der Waals surface area contributed by atoms with Crippen LogP contribution >= 0.6 is 0 Å². The fraction of sp³-hybridized carbons (Fsp3) is 0.444. The number of hydrogen-bond donors (Lipinski definition) is 1. The maximum absolute atomic E-state index is 8.98. The molecule has 1 aliphatic heterocycles. The molecule has 1 aromatic heterocycles. The first kappa shape index (κ1) is 24.9. The highest BCUT2D eigenvalue weighted by Crippen LogP contribution is 2.38. The third kappa shape index (κ3) is 6.07. The van der Waals surface area contributed by atoms with Gasteiger partial charge < -0.3 is 28.6 Å². The van der Waals surface area contributed by atoms with E-state index in [0.717, 1.165) is 49.6 Å². The predicted molar refractivity (Wildman–Crippen MR) is 134 cm³/mol. The summed E-state index contributed by atoms with van der Waals surface area (Å²) in [6.07, 6.45) is 6.06. The van der Waals surface area contributed by atoms with E-state index in [1.54, 1.807) is 21.3 Å². The van der Waals surface area contributed by atoms with E-state index in [1.165, 1.54) is 5.56 Å². The average Bonchev–Trinajstić information content (AvgIpc) is 3.35. The van der Waals surface area contributed by atoms with E-state index in [2.05, 4.69) is 21.6 Å². The number of hydrogen-bond acceptors (Lipinski definition) is 7. The Morgan fingerprint density at radius 2 is 1.69 bits per heavy atom. The van der Waals surface area contributed by atoms with Crippen molar-refractivity contribution in [3.05, 3.63) is 65.7 Å². The van der Waals surface area contributed by atoms with Crippen LogP contribution in [0.2, 0.25) is 0 Å². The molecule has 2 aromatic carbocycles. The summed E-state index contributed by atoms with van der Waals surface area (Å²) in [5, 5.41) is 8.98. The summed E-state index contributed by atoms with van der Waals surface area (Å²) < 4.78 is 24.3. The van der Waals surface area contributed by atoms with Crippen molar-refractivity contribution in [2.24, 2.45) is 0 Å². The minimum atomic E-state index is 0.0209. The van der Waals surface area contributed by atoms with Gasteiger partial charge in [0.05, 0.1) is 27.9 Å². The normalized spacial score (nSPS) is 14.6. The Balaban J connectivity index is 1.39. The molecule has 0 amide bonds. The standard InChI is InChI=1S/C27H35N3O5/c1-32-24-16-21(17-25(33-2)26(24)34-3)19-30-12-9-28-27(30)22-7-10-29(11-8-22)18-20-5-4-6-23(15-20)35-14-13-31/h4-6,9,12,15-17,22,31H,7-8,10-11,13-14,18-19H2,1-3H3. The van der Waals surface area contributed by atoms with Gasteiger partial charge in [0.15, 0.2) is 11.5 Å². The second-order valence-corrected chi connectivity index (χ2v) is 8.72. The zero-order valence-electron chi connectivity index (χ0n) is 20.8. The van der Waals surface area contributed by atoms with E-state index < -0.39 is 0 Å². The average molecular weight is 482 g/mol. The lowest BCUT2D eigenvalue weighted by Gasteiger charge is -2.32. The number of methoxy groups -OCH3 is 3. The number of rotatable bonds is 11. The maximum Gasteiger partial charge on any atom is 0.203 e. The number of aromatic nitrogens is 2. The first-order chi connectivity index (χ1) is 17.1. The maximum atomic E-state index is 8.98. The molecule has 3 aromatic rings. The van der Waals surface area contributed by atoms with Gasteiger partial charge in [-0.05, 0) is 61.3 Å². The smallest absolute Gasteiger partial charge is 0.203 e. The quantitative estimate of drug-likeness (QED) is 0.447. The Bertz CT molecular complexity index is 1070. The van der Waals surface area contributed by atoms with Gasteiger partial charge in [-0.25, -0.2) is 4.98 Å². The molecule has 4 rings (SSSR count). The fourth-order valence-electron chi connectivity index (χ4n) is 4.74. The highest BCUT2D eigenvalue weighted by Gasteiger charge is 2.24. The van der Waals surface area contributed by atoms with E-state index >= 15 is 0 Å². The van der Waals surface area contributed by atoms with Crippen molar-refractivity contribution in [1.82, 2.24) is 14.5 Å². The summed E-state index contributed by atoms with van der Waals surface area (Å²) in [4.78, 5) is 7.20. The van der Waals surface area contributed by atoms with Gasteiger partial charge in [-0.15, -0.1) is 0 Å². The van der Waals surface area contributed by atoms with E-state index in [4.69, 9.17) is 29.0 Å². The van der Waals surface area contributed by atoms with Crippen molar-refractivity contribution in [2.45, 2.75) is 31.8 Å². The molecule has 1 N–H and O–H groups in total. The predicted octanol–water partition coefficient (Wildman–Crippen LogP) is 3.71. The second-order valence-electron chi connectivity index (χ2n) is 8.72. The van der Waals surface area contributed by atoms with Gasteiger partial charge in [0.1, 0.15) is 18.2 Å². The second kappa shape index (κ2) is 12.0. The van der Waals surface area contributed by atoms with E-state index in [9.17, 15) is 0 Å². The van der Waals surface area contributed by atoms with Crippen LogP contribution in [-0.4, -0.2) is 67.2 Å². The molecule has 0 unspecified atom stereocenters. The SMILES string of the molecule is COc1cc(Cn2ccnc2C2CCN(Cc3cccc(OCCO)c3)CC2)cc(OC)c1OC. The van der Waals surface area contributed by atoms with Crippen molar-refractivity contribution in [2.75, 3.05) is 47.6 Å². The number of aliphatic hydroxyl groups excluding tert-OH is 1. The zero-order chi connectivity index (χ0) is 24.6. The molecule has 0 bridgehead atoms. The van der Waals surface area contributed by atoms with Crippen LogP contribution in [0.1, 0.15) is 35.7 Å². The monoisotopic (exact) mass is 481 g/mol. The van der Waals surface area contributed by atoms with Gasteiger partial charge in [0.25, 0.3) is 0 Å². The Labute approximate surface area is 207 Å². The molecule has 35 heavy (non-hydrogen) atoms. The molecule has 1 aliphatic rings. The molecule has 0 aliphatic carbocycles. The minimum absolute atomic E-state index is 0.0209. The first-order valence-electron chi connectivity index (χ1n) is 12.0. The topological polar surface area (TPSA) is 78.2 Å². The van der Waals surface area contributed by atoms with Gasteiger partial charge in [-0.3, -0.25) is 4.90 Å². The molecule has 0 saturated carbocycles. The van der Waals surface area contributed by atoms with Crippen LogP contribution in [0.4, 0.5) is 0 Å². The lowest BCUT2D eigenvalue weighted by molar-refractivity contribution is 0.196. The number of piperidine rings is 1. The number of nitrogens with zero attached hydrogens (tertiary/aromatic N) is 3. The highest BCUT2D eigenvalue weighted by atomic mass is 16.5. The molecule has 0 atom stereocenters. The van der Waals surface area contributed by atoms with Gasteiger partial charge in [-0.1, -0.05) is 12.1 Å². The van der Waals surface area contributed by atoms with Crippen molar-refractivity contribution >= 4 is 0 Å². The molecule has 1 fully saturated rings. The van der Waals surface area contributed by atoms with Crippen molar-refractivity contribution in [1.29, 1.82) is 0 Å². The summed E-state index contributed by atoms with van der Waals surface area (Å²) in [7, 11) is 4.88. The van der Waals surface area contributed by atoms with E-state index in [1.807, 2.05) is 36.7 Å². The Morgan fingerprint density at radius 1 is 0.943 bits per heavy atom. The van der Waals surface area contributed by atoms with Gasteiger partial charge >= 0.3 is 0 Å². The Kier molecular flexibility index (Phi) is 8.50. The number of aliphatic hydroxyl groups is 1. The molecular weight excluding hydrogens is 446 g/mol. The van der Waals surface area contributed by atoms with Gasteiger partial charge in [-0.2, -0.15) is 0 Å². The number of imidazole rings is 1. The van der Waals surface area contributed by atoms with E-state index in [0.29, 0.717) is 36.3 Å². The zero-order valence-corrected chi connectivity index (χ0v) is 20.8. The summed E-state index contributed by atoms with van der Waals surface area (Å²) in [5.74, 6) is 4.26. The summed E-state index contributed by atoms with van der Waals surface area (Å²) in [6, 6.07) is 12.1. The molecule has 8 nitrogen and oxygen atoms in total. The molecular formula is C27H35N3O5. The number of ether oxygens (including phenoxy) is 4. The summed E-state index contributed by atoms with van der Waals surface area (Å²) in [6.45, 7) is 3.95. The lowest BCUT2D eigenvalue weighted by atomic mass is 9.95. The lowest BCUT2D eigenvalue weighted by Crippen LogP contribution is -2.33.